The number of aliphatic carboxylic acids is 1. The fourth-order valence-electron chi connectivity index (χ4n) is 3.99. The number of aromatic amines is 1. The van der Waals surface area contributed by atoms with Crippen LogP contribution >= 0.6 is 0 Å². The summed E-state index contributed by atoms with van der Waals surface area (Å²) in [5.74, 6) is -0.409. The van der Waals surface area contributed by atoms with Crippen molar-refractivity contribution in [2.75, 3.05) is 13.1 Å². The van der Waals surface area contributed by atoms with Crippen LogP contribution in [-0.2, 0) is 21.2 Å². The molecule has 2 N–H and O–H groups in total. The summed E-state index contributed by atoms with van der Waals surface area (Å²) in [7, 11) is -3.62. The summed E-state index contributed by atoms with van der Waals surface area (Å²) in [5.41, 5.74) is 1.59. The predicted octanol–water partition coefficient (Wildman–Crippen LogP) is 2.30. The van der Waals surface area contributed by atoms with Crippen LogP contribution in [-0.4, -0.2) is 51.8 Å². The van der Waals surface area contributed by atoms with Crippen LogP contribution in [0.15, 0.2) is 53.7 Å². The molecule has 2 unspecified atom stereocenters. The number of nitrogens with one attached hydrogen (secondary N) is 1. The van der Waals surface area contributed by atoms with Gasteiger partial charge in [0.05, 0.1) is 22.1 Å². The second kappa shape index (κ2) is 7.92. The number of hydrogen-bond donors (Lipinski definition) is 2. The quantitative estimate of drug-likeness (QED) is 0.639. The number of nitrogens with zero attached hydrogens (tertiary/aromatic N) is 3. The maximum absolute atomic E-state index is 13.0. The first kappa shape index (κ1) is 19.5. The van der Waals surface area contributed by atoms with E-state index >= 15 is 0 Å². The first-order valence-electron chi connectivity index (χ1n) is 9.49. The number of carboxylic acid groups (broad SMARTS) is 1. The van der Waals surface area contributed by atoms with Gasteiger partial charge in [-0.1, -0.05) is 18.2 Å². The molecule has 0 bridgehead atoms. The fraction of sp³-hybridized carbons (Fsp3) is 0.350. The number of imidazole rings is 1. The Kier molecular flexibility index (Phi) is 5.33. The second-order valence-corrected chi connectivity index (χ2v) is 9.30. The Bertz CT molecular complexity index is 1080. The highest BCUT2D eigenvalue weighted by molar-refractivity contribution is 7.89. The molecule has 0 aliphatic carbocycles. The van der Waals surface area contributed by atoms with Crippen molar-refractivity contribution in [3.8, 4) is 0 Å². The van der Waals surface area contributed by atoms with Crippen molar-refractivity contribution in [2.45, 2.75) is 24.2 Å². The summed E-state index contributed by atoms with van der Waals surface area (Å²) in [4.78, 5) is 23.4. The Hall–Kier alpha value is -2.78. The van der Waals surface area contributed by atoms with Gasteiger partial charge in [-0.25, -0.2) is 13.4 Å². The lowest BCUT2D eigenvalue weighted by Gasteiger charge is -2.37. The van der Waals surface area contributed by atoms with E-state index in [1.807, 2.05) is 0 Å². The number of H-pyrrole nitrogens is 1. The van der Waals surface area contributed by atoms with Gasteiger partial charge < -0.3 is 10.1 Å². The standard InChI is InChI=1S/C20H22N4O4S/c25-20(26)11-14-7-9-24(29(27,28)16-4-2-1-3-5-16)13-15(14)10-19-22-17-6-8-21-12-18(17)23-19/h1-6,8,12,14-15H,7,9-11,13H2,(H,22,23)(H,25,26). The molecule has 1 fully saturated rings. The average Bonchev–Trinajstić information content (AvgIpc) is 3.12. The molecule has 0 spiro atoms. The van der Waals surface area contributed by atoms with Gasteiger partial charge >= 0.3 is 5.97 Å². The van der Waals surface area contributed by atoms with Crippen LogP contribution in [0.1, 0.15) is 18.7 Å². The Morgan fingerprint density at radius 2 is 2.00 bits per heavy atom. The zero-order valence-electron chi connectivity index (χ0n) is 15.7. The predicted molar refractivity (Wildman–Crippen MR) is 107 cm³/mol. The molecule has 0 amide bonds. The Balaban J connectivity index is 1.59. The maximum atomic E-state index is 13.0. The molecule has 1 aromatic carbocycles. The number of benzene rings is 1. The van der Waals surface area contributed by atoms with E-state index in [9.17, 15) is 18.3 Å². The van der Waals surface area contributed by atoms with Crippen LogP contribution < -0.4 is 0 Å². The van der Waals surface area contributed by atoms with E-state index in [1.54, 1.807) is 48.8 Å². The molecule has 3 aromatic rings. The number of rotatable bonds is 6. The highest BCUT2D eigenvalue weighted by Crippen LogP contribution is 2.32. The zero-order valence-corrected chi connectivity index (χ0v) is 16.5. The topological polar surface area (TPSA) is 116 Å². The van der Waals surface area contributed by atoms with Gasteiger partial charge in [-0.2, -0.15) is 4.31 Å². The number of carbonyl (C=O) groups is 1. The Morgan fingerprint density at radius 3 is 2.72 bits per heavy atom. The van der Waals surface area contributed by atoms with Crippen LogP contribution in [0.3, 0.4) is 0 Å². The lowest BCUT2D eigenvalue weighted by Crippen LogP contribution is -2.45. The van der Waals surface area contributed by atoms with Gasteiger partial charge in [-0.05, 0) is 36.5 Å². The van der Waals surface area contributed by atoms with Crippen molar-refractivity contribution in [1.82, 2.24) is 19.3 Å². The summed E-state index contributed by atoms with van der Waals surface area (Å²) < 4.78 is 27.5. The minimum Gasteiger partial charge on any atom is -0.481 e. The van der Waals surface area contributed by atoms with Crippen LogP contribution in [0.5, 0.6) is 0 Å². The van der Waals surface area contributed by atoms with E-state index in [1.165, 1.54) is 4.31 Å². The summed E-state index contributed by atoms with van der Waals surface area (Å²) in [6.07, 6.45) is 4.35. The summed E-state index contributed by atoms with van der Waals surface area (Å²) >= 11 is 0. The highest BCUT2D eigenvalue weighted by atomic mass is 32.2. The van der Waals surface area contributed by atoms with Gasteiger partial charge in [0, 0.05) is 32.1 Å². The molecule has 1 aliphatic rings. The first-order chi connectivity index (χ1) is 13.9. The summed E-state index contributed by atoms with van der Waals surface area (Å²) in [5, 5.41) is 9.30. The van der Waals surface area contributed by atoms with E-state index in [0.29, 0.717) is 25.2 Å². The SMILES string of the molecule is O=C(O)CC1CCN(S(=O)(=O)c2ccccc2)CC1Cc1nc2ccncc2[nH]1. The van der Waals surface area contributed by atoms with Crippen molar-refractivity contribution >= 4 is 27.0 Å². The molecule has 1 saturated heterocycles. The monoisotopic (exact) mass is 414 g/mol. The molecule has 1 aliphatic heterocycles. The summed E-state index contributed by atoms with van der Waals surface area (Å²) in [6, 6.07) is 10.1. The number of carboxylic acids is 1. The Labute approximate surface area is 168 Å². The molecule has 29 heavy (non-hydrogen) atoms. The van der Waals surface area contributed by atoms with Gasteiger partial charge in [-0.3, -0.25) is 9.78 Å². The number of piperidine rings is 1. The van der Waals surface area contributed by atoms with Crippen LogP contribution in [0, 0.1) is 11.8 Å². The molecule has 0 saturated carbocycles. The number of pyridine rings is 1. The minimum atomic E-state index is -3.62. The van der Waals surface area contributed by atoms with Gasteiger partial charge in [0.15, 0.2) is 0 Å². The molecular weight excluding hydrogens is 392 g/mol. The highest BCUT2D eigenvalue weighted by Gasteiger charge is 2.36. The van der Waals surface area contributed by atoms with E-state index in [-0.39, 0.29) is 29.7 Å². The third-order valence-corrected chi connectivity index (χ3v) is 7.34. The molecule has 3 heterocycles. The van der Waals surface area contributed by atoms with Crippen molar-refractivity contribution in [1.29, 1.82) is 0 Å². The normalized spacial score (nSPS) is 20.7. The van der Waals surface area contributed by atoms with Crippen molar-refractivity contribution in [2.24, 2.45) is 11.8 Å². The molecule has 0 radical (unpaired) electrons. The number of aromatic nitrogens is 3. The third-order valence-electron chi connectivity index (χ3n) is 5.46. The van der Waals surface area contributed by atoms with E-state index < -0.39 is 16.0 Å². The molecule has 8 nitrogen and oxygen atoms in total. The van der Waals surface area contributed by atoms with Gasteiger partial charge in [0.1, 0.15) is 5.82 Å². The van der Waals surface area contributed by atoms with E-state index in [0.717, 1.165) is 11.0 Å². The molecule has 2 atom stereocenters. The fourth-order valence-corrected chi connectivity index (χ4v) is 5.52. The van der Waals surface area contributed by atoms with Gasteiger partial charge in [0.2, 0.25) is 10.0 Å². The minimum absolute atomic E-state index is 0.0195. The molecule has 9 heteroatoms. The van der Waals surface area contributed by atoms with E-state index in [2.05, 4.69) is 15.0 Å². The number of sulfonamides is 1. The maximum Gasteiger partial charge on any atom is 0.303 e. The largest absolute Gasteiger partial charge is 0.481 e. The Morgan fingerprint density at radius 1 is 1.21 bits per heavy atom. The van der Waals surface area contributed by atoms with E-state index in [4.69, 9.17) is 0 Å². The van der Waals surface area contributed by atoms with Crippen LogP contribution in [0.25, 0.3) is 11.0 Å². The summed E-state index contributed by atoms with van der Waals surface area (Å²) in [6.45, 7) is 0.584. The van der Waals surface area contributed by atoms with Gasteiger partial charge in [0.25, 0.3) is 0 Å². The molecule has 152 valence electrons. The van der Waals surface area contributed by atoms with Crippen LogP contribution in [0.2, 0.25) is 0 Å². The smallest absolute Gasteiger partial charge is 0.303 e. The lowest BCUT2D eigenvalue weighted by atomic mass is 9.82. The van der Waals surface area contributed by atoms with Crippen molar-refractivity contribution in [3.63, 3.8) is 0 Å². The number of fused-ring (bicyclic) bond motifs is 1. The van der Waals surface area contributed by atoms with Crippen molar-refractivity contribution in [3.05, 3.63) is 54.6 Å². The first-order valence-corrected chi connectivity index (χ1v) is 10.9. The molecular formula is C20H22N4O4S. The molecule has 4 rings (SSSR count). The molecule has 2 aromatic heterocycles. The van der Waals surface area contributed by atoms with Gasteiger partial charge in [-0.15, -0.1) is 0 Å². The lowest BCUT2D eigenvalue weighted by molar-refractivity contribution is -0.138. The second-order valence-electron chi connectivity index (χ2n) is 7.36. The third kappa shape index (κ3) is 4.15. The average molecular weight is 414 g/mol. The van der Waals surface area contributed by atoms with Crippen molar-refractivity contribution < 1.29 is 18.3 Å². The number of hydrogen-bond acceptors (Lipinski definition) is 5. The van der Waals surface area contributed by atoms with Crippen LogP contribution in [0.4, 0.5) is 0 Å². The zero-order chi connectivity index (χ0) is 20.4.